The molecular formula is C13H22N2O3. The molecule has 0 aliphatic rings. The predicted octanol–water partition coefficient (Wildman–Crippen LogP) is 0.803. The molecule has 18 heavy (non-hydrogen) atoms. The van der Waals surface area contributed by atoms with Gasteiger partial charge in [0.2, 0.25) is 5.75 Å². The molecule has 0 heterocycles. The van der Waals surface area contributed by atoms with Crippen molar-refractivity contribution in [1.82, 2.24) is 5.32 Å². The van der Waals surface area contributed by atoms with E-state index in [2.05, 4.69) is 5.32 Å². The van der Waals surface area contributed by atoms with Crippen LogP contribution in [0.1, 0.15) is 5.56 Å². The van der Waals surface area contributed by atoms with Crippen LogP contribution in [-0.4, -0.2) is 41.0 Å². The molecule has 0 unspecified atom stereocenters. The van der Waals surface area contributed by atoms with Gasteiger partial charge >= 0.3 is 0 Å². The average molecular weight is 254 g/mol. The Morgan fingerprint density at radius 1 is 1.00 bits per heavy atom. The molecule has 1 rings (SSSR count). The maximum absolute atomic E-state index is 5.42. The fraction of sp³-hybridized carbons (Fsp3) is 0.538. The van der Waals surface area contributed by atoms with Crippen LogP contribution in [0.15, 0.2) is 12.1 Å². The summed E-state index contributed by atoms with van der Waals surface area (Å²) in [6.45, 7) is 2.34. The summed E-state index contributed by atoms with van der Waals surface area (Å²) in [4.78, 5) is 0. The summed E-state index contributed by atoms with van der Waals surface area (Å²) >= 11 is 0. The molecule has 0 aromatic heterocycles. The van der Waals surface area contributed by atoms with E-state index in [1.807, 2.05) is 12.1 Å². The van der Waals surface area contributed by atoms with Crippen LogP contribution in [0.2, 0.25) is 0 Å². The molecule has 0 bridgehead atoms. The van der Waals surface area contributed by atoms with Gasteiger partial charge in [-0.1, -0.05) is 0 Å². The fourth-order valence-electron chi connectivity index (χ4n) is 1.74. The van der Waals surface area contributed by atoms with Gasteiger partial charge in [-0.25, -0.2) is 0 Å². The zero-order chi connectivity index (χ0) is 13.4. The van der Waals surface area contributed by atoms with Gasteiger partial charge in [0.15, 0.2) is 11.5 Å². The maximum atomic E-state index is 5.42. The molecule has 0 spiro atoms. The molecule has 0 aliphatic heterocycles. The van der Waals surface area contributed by atoms with E-state index in [-0.39, 0.29) is 0 Å². The SMILES string of the molecule is COc1cc(CCNCCN)cc(OC)c1OC. The summed E-state index contributed by atoms with van der Waals surface area (Å²) in [5, 5.41) is 3.25. The largest absolute Gasteiger partial charge is 0.493 e. The molecule has 0 saturated heterocycles. The molecule has 0 saturated carbocycles. The second-order valence-corrected chi connectivity index (χ2v) is 3.82. The Bertz CT molecular complexity index is 344. The van der Waals surface area contributed by atoms with E-state index in [4.69, 9.17) is 19.9 Å². The highest BCUT2D eigenvalue weighted by Gasteiger charge is 2.12. The number of hydrogen-bond donors (Lipinski definition) is 2. The highest BCUT2D eigenvalue weighted by Crippen LogP contribution is 2.38. The van der Waals surface area contributed by atoms with Crippen molar-refractivity contribution in [3.8, 4) is 17.2 Å². The Balaban J connectivity index is 2.80. The minimum Gasteiger partial charge on any atom is -0.493 e. The van der Waals surface area contributed by atoms with Gasteiger partial charge in [-0.05, 0) is 30.7 Å². The second-order valence-electron chi connectivity index (χ2n) is 3.82. The van der Waals surface area contributed by atoms with E-state index < -0.39 is 0 Å². The summed E-state index contributed by atoms with van der Waals surface area (Å²) in [5.41, 5.74) is 6.55. The summed E-state index contributed by atoms with van der Waals surface area (Å²) in [6.07, 6.45) is 0.886. The number of methoxy groups -OCH3 is 3. The zero-order valence-corrected chi connectivity index (χ0v) is 11.3. The number of nitrogens with two attached hydrogens (primary N) is 1. The van der Waals surface area contributed by atoms with Gasteiger partial charge in [0.05, 0.1) is 21.3 Å². The molecule has 0 fully saturated rings. The molecule has 0 aliphatic carbocycles. The Labute approximate surface area is 108 Å². The van der Waals surface area contributed by atoms with E-state index in [1.165, 1.54) is 0 Å². The van der Waals surface area contributed by atoms with Crippen molar-refractivity contribution in [2.75, 3.05) is 41.0 Å². The van der Waals surface area contributed by atoms with Crippen molar-refractivity contribution in [3.05, 3.63) is 17.7 Å². The molecule has 0 amide bonds. The highest BCUT2D eigenvalue weighted by atomic mass is 16.5. The summed E-state index contributed by atoms with van der Waals surface area (Å²) in [5.74, 6) is 2.00. The van der Waals surface area contributed by atoms with E-state index in [0.717, 1.165) is 25.1 Å². The molecule has 3 N–H and O–H groups in total. The van der Waals surface area contributed by atoms with Crippen molar-refractivity contribution in [3.63, 3.8) is 0 Å². The van der Waals surface area contributed by atoms with Crippen molar-refractivity contribution in [2.45, 2.75) is 6.42 Å². The van der Waals surface area contributed by atoms with E-state index >= 15 is 0 Å². The molecule has 1 aromatic rings. The van der Waals surface area contributed by atoms with Gasteiger partial charge in [0.1, 0.15) is 0 Å². The molecule has 5 heteroatoms. The second kappa shape index (κ2) is 7.79. The standard InChI is InChI=1S/C13H22N2O3/c1-16-11-8-10(4-6-15-7-5-14)9-12(17-2)13(11)18-3/h8-9,15H,4-7,14H2,1-3H3. The first-order valence-electron chi connectivity index (χ1n) is 5.96. The maximum Gasteiger partial charge on any atom is 0.203 e. The quantitative estimate of drug-likeness (QED) is 0.672. The summed E-state index contributed by atoms with van der Waals surface area (Å²) in [6, 6.07) is 3.93. The Hall–Kier alpha value is -1.46. The lowest BCUT2D eigenvalue weighted by Gasteiger charge is -2.14. The third-order valence-electron chi connectivity index (χ3n) is 2.64. The van der Waals surface area contributed by atoms with Crippen LogP contribution in [0, 0.1) is 0 Å². The van der Waals surface area contributed by atoms with Crippen LogP contribution in [0.4, 0.5) is 0 Å². The first-order valence-corrected chi connectivity index (χ1v) is 5.96. The van der Waals surface area contributed by atoms with Gasteiger partial charge < -0.3 is 25.3 Å². The molecule has 0 radical (unpaired) electrons. The molecule has 1 aromatic carbocycles. The van der Waals surface area contributed by atoms with E-state index in [9.17, 15) is 0 Å². The highest BCUT2D eigenvalue weighted by molar-refractivity contribution is 5.53. The lowest BCUT2D eigenvalue weighted by atomic mass is 10.1. The number of rotatable bonds is 8. The minimum atomic E-state index is 0.624. The Kier molecular flexibility index (Phi) is 6.32. The molecule has 0 atom stereocenters. The van der Waals surface area contributed by atoms with Crippen LogP contribution in [0.25, 0.3) is 0 Å². The van der Waals surface area contributed by atoms with Gasteiger partial charge in [-0.15, -0.1) is 0 Å². The van der Waals surface area contributed by atoms with Crippen LogP contribution in [0.3, 0.4) is 0 Å². The van der Waals surface area contributed by atoms with Crippen LogP contribution in [-0.2, 0) is 6.42 Å². The number of ether oxygens (including phenoxy) is 3. The lowest BCUT2D eigenvalue weighted by Crippen LogP contribution is -2.24. The molecule has 5 nitrogen and oxygen atoms in total. The number of benzene rings is 1. The lowest BCUT2D eigenvalue weighted by molar-refractivity contribution is 0.323. The number of nitrogens with one attached hydrogen (secondary N) is 1. The van der Waals surface area contributed by atoms with E-state index in [0.29, 0.717) is 23.8 Å². The van der Waals surface area contributed by atoms with Gasteiger partial charge in [-0.3, -0.25) is 0 Å². The normalized spacial score (nSPS) is 10.2. The molecule has 102 valence electrons. The Morgan fingerprint density at radius 3 is 2.06 bits per heavy atom. The summed E-state index contributed by atoms with van der Waals surface area (Å²) in [7, 11) is 4.84. The first-order chi connectivity index (χ1) is 8.76. The zero-order valence-electron chi connectivity index (χ0n) is 11.3. The first kappa shape index (κ1) is 14.6. The van der Waals surface area contributed by atoms with Gasteiger partial charge in [0.25, 0.3) is 0 Å². The monoisotopic (exact) mass is 254 g/mol. The molecular weight excluding hydrogens is 232 g/mol. The van der Waals surface area contributed by atoms with Crippen LogP contribution >= 0.6 is 0 Å². The number of hydrogen-bond acceptors (Lipinski definition) is 5. The van der Waals surface area contributed by atoms with Gasteiger partial charge in [0, 0.05) is 13.1 Å². The fourth-order valence-corrected chi connectivity index (χ4v) is 1.74. The van der Waals surface area contributed by atoms with Crippen molar-refractivity contribution < 1.29 is 14.2 Å². The van der Waals surface area contributed by atoms with Gasteiger partial charge in [-0.2, -0.15) is 0 Å². The average Bonchev–Trinajstić information content (AvgIpc) is 2.42. The Morgan fingerprint density at radius 2 is 1.61 bits per heavy atom. The third kappa shape index (κ3) is 3.78. The topological polar surface area (TPSA) is 65.7 Å². The van der Waals surface area contributed by atoms with Crippen LogP contribution < -0.4 is 25.3 Å². The predicted molar refractivity (Wildman–Crippen MR) is 71.7 cm³/mol. The van der Waals surface area contributed by atoms with Crippen molar-refractivity contribution in [1.29, 1.82) is 0 Å². The van der Waals surface area contributed by atoms with E-state index in [1.54, 1.807) is 21.3 Å². The minimum absolute atomic E-state index is 0.624. The smallest absolute Gasteiger partial charge is 0.203 e. The summed E-state index contributed by atoms with van der Waals surface area (Å²) < 4.78 is 15.9. The van der Waals surface area contributed by atoms with Crippen molar-refractivity contribution >= 4 is 0 Å². The van der Waals surface area contributed by atoms with Crippen molar-refractivity contribution in [2.24, 2.45) is 5.73 Å². The third-order valence-corrected chi connectivity index (χ3v) is 2.64. The van der Waals surface area contributed by atoms with Crippen LogP contribution in [0.5, 0.6) is 17.2 Å².